The van der Waals surface area contributed by atoms with Crippen LogP contribution < -0.4 is 11.1 Å². The molecule has 0 aliphatic carbocycles. The zero-order valence-electron chi connectivity index (χ0n) is 8.18. The highest BCUT2D eigenvalue weighted by Crippen LogP contribution is 2.04. The van der Waals surface area contributed by atoms with E-state index in [0.717, 1.165) is 5.75 Å². The van der Waals surface area contributed by atoms with Crippen molar-refractivity contribution in [2.45, 2.75) is 32.4 Å². The Bertz CT molecular complexity index is 154. The van der Waals surface area contributed by atoms with E-state index in [9.17, 15) is 4.79 Å². The van der Waals surface area contributed by atoms with Gasteiger partial charge in [0.05, 0.1) is 6.04 Å². The molecule has 0 aromatic heterocycles. The van der Waals surface area contributed by atoms with Crippen LogP contribution in [-0.2, 0) is 4.79 Å². The van der Waals surface area contributed by atoms with Crippen molar-refractivity contribution in [2.24, 2.45) is 5.73 Å². The number of amides is 1. The lowest BCUT2D eigenvalue weighted by Gasteiger charge is -2.26. The molecule has 0 spiro atoms. The van der Waals surface area contributed by atoms with Crippen molar-refractivity contribution in [3.63, 3.8) is 0 Å². The maximum Gasteiger partial charge on any atom is 0.235 e. The van der Waals surface area contributed by atoms with Crippen molar-refractivity contribution in [2.75, 3.05) is 12.0 Å². The van der Waals surface area contributed by atoms with Crippen LogP contribution in [0.25, 0.3) is 0 Å². The zero-order valence-corrected chi connectivity index (χ0v) is 8.99. The van der Waals surface area contributed by atoms with Gasteiger partial charge in [-0.3, -0.25) is 4.79 Å². The van der Waals surface area contributed by atoms with Crippen molar-refractivity contribution < 1.29 is 4.79 Å². The minimum atomic E-state index is -0.278. The first-order valence-electron chi connectivity index (χ1n) is 3.93. The van der Waals surface area contributed by atoms with Crippen LogP contribution in [0.2, 0.25) is 0 Å². The third kappa shape index (κ3) is 5.43. The molecule has 0 radical (unpaired) electrons. The molecular weight excluding hydrogens is 172 g/mol. The molecule has 0 aliphatic rings. The fraction of sp³-hybridized carbons (Fsp3) is 0.875. The van der Waals surface area contributed by atoms with E-state index in [2.05, 4.69) is 5.32 Å². The number of hydrogen-bond donors (Lipinski definition) is 2. The van der Waals surface area contributed by atoms with Crippen LogP contribution in [0.4, 0.5) is 0 Å². The molecule has 4 heteroatoms. The molecule has 1 amide bonds. The fourth-order valence-corrected chi connectivity index (χ4v) is 1.47. The first-order valence-corrected chi connectivity index (χ1v) is 5.32. The predicted octanol–water partition coefficient (Wildman–Crippen LogP) is 0.591. The van der Waals surface area contributed by atoms with Gasteiger partial charge in [-0.15, -0.1) is 0 Å². The minimum absolute atomic E-state index is 0.0601. The maximum absolute atomic E-state index is 10.9. The topological polar surface area (TPSA) is 55.1 Å². The molecule has 1 atom stereocenters. The van der Waals surface area contributed by atoms with Gasteiger partial charge in [0.1, 0.15) is 0 Å². The highest BCUT2D eigenvalue weighted by molar-refractivity contribution is 7.98. The summed E-state index contributed by atoms with van der Waals surface area (Å²) in [6, 6.07) is -0.222. The Kier molecular flexibility index (Phi) is 4.63. The summed E-state index contributed by atoms with van der Waals surface area (Å²) in [5.74, 6) is 0.450. The second kappa shape index (κ2) is 4.72. The summed E-state index contributed by atoms with van der Waals surface area (Å²) in [7, 11) is 0. The number of carbonyl (C=O) groups excluding carboxylic acids is 1. The smallest absolute Gasteiger partial charge is 0.235 e. The van der Waals surface area contributed by atoms with Crippen molar-refractivity contribution >= 4 is 17.7 Å². The average Bonchev–Trinajstić information content (AvgIpc) is 1.83. The van der Waals surface area contributed by atoms with Gasteiger partial charge in [-0.25, -0.2) is 0 Å². The number of thioether (sulfide) groups is 1. The quantitative estimate of drug-likeness (QED) is 0.682. The number of nitrogens with one attached hydrogen (secondary N) is 1. The second-order valence-corrected chi connectivity index (χ2v) is 4.72. The zero-order chi connectivity index (χ0) is 9.78. The number of primary amides is 1. The van der Waals surface area contributed by atoms with Crippen LogP contribution in [0.3, 0.4) is 0 Å². The van der Waals surface area contributed by atoms with Crippen molar-refractivity contribution in [3.8, 4) is 0 Å². The van der Waals surface area contributed by atoms with Crippen molar-refractivity contribution in [1.82, 2.24) is 5.32 Å². The first kappa shape index (κ1) is 11.8. The van der Waals surface area contributed by atoms with Crippen molar-refractivity contribution in [3.05, 3.63) is 0 Å². The van der Waals surface area contributed by atoms with Crippen LogP contribution in [0.1, 0.15) is 20.8 Å². The molecule has 0 saturated heterocycles. The molecule has 3 N–H and O–H groups in total. The van der Waals surface area contributed by atoms with E-state index in [1.807, 2.05) is 27.0 Å². The van der Waals surface area contributed by atoms with Gasteiger partial charge >= 0.3 is 0 Å². The van der Waals surface area contributed by atoms with Crippen LogP contribution in [-0.4, -0.2) is 29.5 Å². The van der Waals surface area contributed by atoms with Gasteiger partial charge in [-0.05, 0) is 27.0 Å². The third-order valence-corrected chi connectivity index (χ3v) is 1.95. The van der Waals surface area contributed by atoms with Crippen LogP contribution in [0, 0.1) is 0 Å². The molecule has 12 heavy (non-hydrogen) atoms. The summed E-state index contributed by atoms with van der Waals surface area (Å²) in [6.45, 7) is 6.05. The van der Waals surface area contributed by atoms with Gasteiger partial charge in [0.15, 0.2) is 0 Å². The van der Waals surface area contributed by atoms with Gasteiger partial charge in [-0.1, -0.05) is 0 Å². The Morgan fingerprint density at radius 2 is 2.08 bits per heavy atom. The normalized spacial score (nSPS) is 14.3. The molecule has 0 bridgehead atoms. The summed E-state index contributed by atoms with van der Waals surface area (Å²) in [4.78, 5) is 10.9. The monoisotopic (exact) mass is 190 g/mol. The minimum Gasteiger partial charge on any atom is -0.368 e. The fourth-order valence-electron chi connectivity index (χ4n) is 0.884. The third-order valence-electron chi connectivity index (χ3n) is 1.28. The van der Waals surface area contributed by atoms with E-state index in [-0.39, 0.29) is 17.5 Å². The molecule has 0 aliphatic heterocycles. The average molecular weight is 190 g/mol. The number of carbonyl (C=O) groups is 1. The molecule has 0 heterocycles. The van der Waals surface area contributed by atoms with E-state index < -0.39 is 0 Å². The Morgan fingerprint density at radius 3 is 2.33 bits per heavy atom. The van der Waals surface area contributed by atoms with Crippen LogP contribution in [0.5, 0.6) is 0 Å². The largest absolute Gasteiger partial charge is 0.368 e. The number of hydrogen-bond acceptors (Lipinski definition) is 3. The van der Waals surface area contributed by atoms with Crippen LogP contribution in [0.15, 0.2) is 0 Å². The highest BCUT2D eigenvalue weighted by Gasteiger charge is 2.20. The molecule has 0 saturated carbocycles. The van der Waals surface area contributed by atoms with E-state index >= 15 is 0 Å². The Hall–Kier alpha value is -0.220. The van der Waals surface area contributed by atoms with Gasteiger partial charge in [-0.2, -0.15) is 11.8 Å². The summed E-state index contributed by atoms with van der Waals surface area (Å²) < 4.78 is 0. The second-order valence-electron chi connectivity index (χ2n) is 3.80. The number of nitrogens with two attached hydrogens (primary N) is 1. The van der Waals surface area contributed by atoms with Gasteiger partial charge < -0.3 is 11.1 Å². The van der Waals surface area contributed by atoms with E-state index in [4.69, 9.17) is 5.73 Å². The summed E-state index contributed by atoms with van der Waals surface area (Å²) in [5.41, 5.74) is 5.16. The molecule has 0 fully saturated rings. The Balaban J connectivity index is 4.05. The molecule has 0 aromatic rings. The molecule has 72 valence electrons. The Labute approximate surface area is 78.5 Å². The molecule has 3 nitrogen and oxygen atoms in total. The summed E-state index contributed by atoms with van der Waals surface area (Å²) >= 11 is 1.62. The maximum atomic E-state index is 10.9. The van der Waals surface area contributed by atoms with Gasteiger partial charge in [0, 0.05) is 11.3 Å². The lowest BCUT2D eigenvalue weighted by atomic mass is 10.1. The standard InChI is InChI=1S/C8H18N2OS/c1-8(2,3)10-6(5-12-4)7(9)11/h6,10H,5H2,1-4H3,(H2,9,11). The summed E-state index contributed by atoms with van der Waals surface area (Å²) in [5, 5.41) is 3.16. The first-order chi connectivity index (χ1) is 5.37. The van der Waals surface area contributed by atoms with E-state index in [1.165, 1.54) is 0 Å². The van der Waals surface area contributed by atoms with Gasteiger partial charge in [0.25, 0.3) is 0 Å². The lowest BCUT2D eigenvalue weighted by Crippen LogP contribution is -2.51. The molecule has 0 aromatic carbocycles. The molecule has 1 unspecified atom stereocenters. The van der Waals surface area contributed by atoms with Crippen LogP contribution >= 0.6 is 11.8 Å². The summed E-state index contributed by atoms with van der Waals surface area (Å²) in [6.07, 6.45) is 1.96. The molecular formula is C8H18N2OS. The van der Waals surface area contributed by atoms with Crippen molar-refractivity contribution in [1.29, 1.82) is 0 Å². The lowest BCUT2D eigenvalue weighted by molar-refractivity contribution is -0.119. The molecule has 0 rings (SSSR count). The van der Waals surface area contributed by atoms with E-state index in [1.54, 1.807) is 11.8 Å². The predicted molar refractivity (Wildman–Crippen MR) is 54.3 cm³/mol. The van der Waals surface area contributed by atoms with Gasteiger partial charge in [0.2, 0.25) is 5.91 Å². The SMILES string of the molecule is CSCC(NC(C)(C)C)C(N)=O. The number of rotatable bonds is 4. The highest BCUT2D eigenvalue weighted by atomic mass is 32.2. The Morgan fingerprint density at radius 1 is 1.58 bits per heavy atom. The van der Waals surface area contributed by atoms with E-state index in [0.29, 0.717) is 0 Å².